The second-order valence-electron chi connectivity index (χ2n) is 8.82. The van der Waals surface area contributed by atoms with Gasteiger partial charge in [0.25, 0.3) is 0 Å². The number of carbonyl (C=O) groups is 1. The zero-order valence-electron chi connectivity index (χ0n) is 20.1. The average molecular weight is 536 g/mol. The molecule has 1 aliphatic rings. The fourth-order valence-electron chi connectivity index (χ4n) is 4.60. The first kappa shape index (κ1) is 23.9. The number of aryl methyl sites for hydroxylation is 1. The summed E-state index contributed by atoms with van der Waals surface area (Å²) in [7, 11) is 1.52. The Morgan fingerprint density at radius 1 is 1.18 bits per heavy atom. The normalized spacial score (nSPS) is 14.5. The first-order chi connectivity index (χ1) is 18.3. The van der Waals surface area contributed by atoms with E-state index < -0.39 is 23.8 Å². The van der Waals surface area contributed by atoms with Crippen molar-refractivity contribution in [2.75, 3.05) is 18.6 Å². The maximum Gasteiger partial charge on any atom is 0.411 e. The van der Waals surface area contributed by atoms with Crippen molar-refractivity contribution in [3.05, 3.63) is 65.6 Å². The molecule has 9 nitrogen and oxygen atoms in total. The lowest BCUT2D eigenvalue weighted by Crippen LogP contribution is -2.38. The summed E-state index contributed by atoms with van der Waals surface area (Å²) in [6.45, 7) is 1.80. The molecule has 0 fully saturated rings. The van der Waals surface area contributed by atoms with Crippen LogP contribution in [0.1, 0.15) is 11.1 Å². The second-order valence-corrected chi connectivity index (χ2v) is 9.82. The minimum absolute atomic E-state index is 0.0619. The van der Waals surface area contributed by atoms with Crippen LogP contribution in [0.3, 0.4) is 0 Å². The van der Waals surface area contributed by atoms with Crippen molar-refractivity contribution in [3.63, 3.8) is 0 Å². The molecule has 0 saturated heterocycles. The highest BCUT2D eigenvalue weighted by molar-refractivity contribution is 7.22. The van der Waals surface area contributed by atoms with Crippen molar-refractivity contribution in [1.29, 1.82) is 0 Å². The number of nitrogens with zero attached hydrogens (tertiary/aromatic N) is 5. The van der Waals surface area contributed by atoms with Crippen LogP contribution in [-0.2, 0) is 6.42 Å². The van der Waals surface area contributed by atoms with E-state index in [0.29, 0.717) is 33.0 Å². The van der Waals surface area contributed by atoms with Crippen LogP contribution in [0.25, 0.3) is 31.8 Å². The van der Waals surface area contributed by atoms with Gasteiger partial charge < -0.3 is 14.6 Å². The number of amides is 1. The lowest BCUT2D eigenvalue weighted by molar-refractivity contribution is 0.190. The Morgan fingerprint density at radius 2 is 2.03 bits per heavy atom. The maximum absolute atomic E-state index is 15.1. The minimum atomic E-state index is -1.30. The zero-order chi connectivity index (χ0) is 26.6. The summed E-state index contributed by atoms with van der Waals surface area (Å²) in [5.74, 6) is -0.786. The molecule has 3 aromatic heterocycles. The number of anilines is 1. The summed E-state index contributed by atoms with van der Waals surface area (Å²) in [6.07, 6.45) is 2.03. The highest BCUT2D eigenvalue weighted by Crippen LogP contribution is 2.43. The van der Waals surface area contributed by atoms with Gasteiger partial charge in [0.05, 0.1) is 59.2 Å². The van der Waals surface area contributed by atoms with Crippen molar-refractivity contribution in [3.8, 4) is 22.2 Å². The van der Waals surface area contributed by atoms with Gasteiger partial charge in [0, 0.05) is 29.7 Å². The molecule has 0 unspecified atom stereocenters. The molecule has 0 saturated carbocycles. The number of hydrogen-bond acceptors (Lipinski definition) is 8. The Labute approximate surface area is 218 Å². The molecule has 1 N–H and O–H groups in total. The van der Waals surface area contributed by atoms with E-state index in [-0.39, 0.29) is 24.4 Å². The van der Waals surface area contributed by atoms with Gasteiger partial charge in [-0.2, -0.15) is 0 Å². The van der Waals surface area contributed by atoms with E-state index in [1.165, 1.54) is 36.9 Å². The number of benzene rings is 2. The molecule has 12 heteroatoms. The number of halogens is 2. The molecule has 1 atom stereocenters. The van der Waals surface area contributed by atoms with Gasteiger partial charge >= 0.3 is 6.09 Å². The van der Waals surface area contributed by atoms with Crippen LogP contribution >= 0.6 is 11.3 Å². The summed E-state index contributed by atoms with van der Waals surface area (Å²) in [5.41, 5.74) is 4.15. The monoisotopic (exact) mass is 535 g/mol. The Kier molecular flexibility index (Phi) is 5.75. The highest BCUT2D eigenvalue weighted by atomic mass is 32.1. The summed E-state index contributed by atoms with van der Waals surface area (Å²) < 4.78 is 40.6. The van der Waals surface area contributed by atoms with Gasteiger partial charge in [-0.3, -0.25) is 9.88 Å². The Balaban J connectivity index is 1.38. The smallest absolute Gasteiger partial charge is 0.411 e. The molecule has 4 heterocycles. The molecule has 2 aromatic carbocycles. The third-order valence-corrected chi connectivity index (χ3v) is 7.39. The van der Waals surface area contributed by atoms with E-state index in [4.69, 9.17) is 14.5 Å². The quantitative estimate of drug-likeness (QED) is 0.319. The Hall–Kier alpha value is -4.45. The van der Waals surface area contributed by atoms with Crippen LogP contribution < -0.4 is 14.4 Å². The van der Waals surface area contributed by atoms with E-state index in [1.807, 2.05) is 19.1 Å². The molecule has 1 amide bonds. The SMILES string of the molecule is COc1cnc2c(-c3nc4cc(F)c5c(c4s3)C[C@H](CN(C(=O)O)c3cncc(F)c3)O5)cc(C)cc2n1. The molecular formula is C26H19F2N5O4S. The first-order valence-corrected chi connectivity index (χ1v) is 12.3. The van der Waals surface area contributed by atoms with Crippen LogP contribution in [0.2, 0.25) is 0 Å². The van der Waals surface area contributed by atoms with Crippen LogP contribution in [0, 0.1) is 18.6 Å². The third kappa shape index (κ3) is 4.12. The van der Waals surface area contributed by atoms with E-state index in [1.54, 1.807) is 0 Å². The largest absolute Gasteiger partial charge is 0.485 e. The molecule has 0 spiro atoms. The van der Waals surface area contributed by atoms with E-state index in [0.717, 1.165) is 33.0 Å². The van der Waals surface area contributed by atoms with E-state index in [2.05, 4.69) is 15.0 Å². The summed E-state index contributed by atoms with van der Waals surface area (Å²) in [5, 5.41) is 10.4. The van der Waals surface area contributed by atoms with Crippen LogP contribution in [0.15, 0.2) is 42.9 Å². The lowest BCUT2D eigenvalue weighted by atomic mass is 10.1. The standard InChI is InChI=1S/C26H19F2N5O4S/c1-12-3-16(22-19(4-12)31-21(36-2)10-30-22)25-32-20-7-18(28)23-17(24(20)38-25)6-15(37-23)11-33(26(34)35)14-5-13(27)8-29-9-14/h3-5,7-10,15H,6,11H2,1-2H3,(H,34,35)/t15-/m1/s1. The predicted octanol–water partition coefficient (Wildman–Crippen LogP) is 5.38. The summed E-state index contributed by atoms with van der Waals surface area (Å²) in [4.78, 5) is 30.3. The second kappa shape index (κ2) is 9.14. The molecule has 0 aliphatic carbocycles. The Bertz CT molecular complexity index is 1740. The van der Waals surface area contributed by atoms with Crippen molar-refractivity contribution >= 4 is 44.4 Å². The number of ether oxygens (including phenoxy) is 2. The number of rotatable bonds is 5. The number of pyridine rings is 1. The van der Waals surface area contributed by atoms with Gasteiger partial charge in [-0.05, 0) is 24.6 Å². The number of thiazole rings is 1. The van der Waals surface area contributed by atoms with Crippen LogP contribution in [0.4, 0.5) is 19.3 Å². The fraction of sp³-hybridized carbons (Fsp3) is 0.192. The lowest BCUT2D eigenvalue weighted by Gasteiger charge is -2.22. The summed E-state index contributed by atoms with van der Waals surface area (Å²) in [6, 6.07) is 6.24. The van der Waals surface area contributed by atoms with Gasteiger partial charge in [-0.1, -0.05) is 0 Å². The number of aromatic nitrogens is 4. The molecule has 6 rings (SSSR count). The number of fused-ring (bicyclic) bond motifs is 4. The van der Waals surface area contributed by atoms with Crippen LogP contribution in [-0.4, -0.2) is 50.9 Å². The predicted molar refractivity (Wildman–Crippen MR) is 137 cm³/mol. The fourth-order valence-corrected chi connectivity index (χ4v) is 5.71. The molecule has 0 bridgehead atoms. The van der Waals surface area contributed by atoms with E-state index in [9.17, 15) is 14.3 Å². The highest BCUT2D eigenvalue weighted by Gasteiger charge is 2.33. The molecular weight excluding hydrogens is 516 g/mol. The topological polar surface area (TPSA) is 111 Å². The van der Waals surface area contributed by atoms with Crippen LogP contribution in [0.5, 0.6) is 11.6 Å². The van der Waals surface area contributed by atoms with Gasteiger partial charge in [-0.15, -0.1) is 11.3 Å². The van der Waals surface area contributed by atoms with Gasteiger partial charge in [0.1, 0.15) is 16.9 Å². The minimum Gasteiger partial charge on any atom is -0.485 e. The van der Waals surface area contributed by atoms with Gasteiger partial charge in [0.15, 0.2) is 11.6 Å². The molecule has 5 aromatic rings. The molecule has 38 heavy (non-hydrogen) atoms. The zero-order valence-corrected chi connectivity index (χ0v) is 20.9. The number of carboxylic acid groups (broad SMARTS) is 1. The number of methoxy groups -OCH3 is 1. The Morgan fingerprint density at radius 3 is 2.79 bits per heavy atom. The van der Waals surface area contributed by atoms with E-state index >= 15 is 4.39 Å². The first-order valence-electron chi connectivity index (χ1n) is 11.5. The van der Waals surface area contributed by atoms with Crippen molar-refractivity contribution < 1.29 is 28.2 Å². The molecule has 1 aliphatic heterocycles. The number of hydrogen-bond donors (Lipinski definition) is 1. The molecule has 192 valence electrons. The van der Waals surface area contributed by atoms with Gasteiger partial charge in [-0.25, -0.2) is 28.5 Å². The third-order valence-electron chi connectivity index (χ3n) is 6.23. The maximum atomic E-state index is 15.1. The van der Waals surface area contributed by atoms with Crippen molar-refractivity contribution in [2.45, 2.75) is 19.4 Å². The van der Waals surface area contributed by atoms with Crippen molar-refractivity contribution in [1.82, 2.24) is 19.9 Å². The molecule has 0 radical (unpaired) electrons. The van der Waals surface area contributed by atoms with Gasteiger partial charge in [0.2, 0.25) is 5.88 Å². The van der Waals surface area contributed by atoms with Crippen molar-refractivity contribution in [2.24, 2.45) is 0 Å². The average Bonchev–Trinajstić information content (AvgIpc) is 3.50. The summed E-state index contributed by atoms with van der Waals surface area (Å²) >= 11 is 1.38.